The van der Waals surface area contributed by atoms with Crippen LogP contribution in [0.1, 0.15) is 38.5 Å². The normalized spacial score (nSPS) is 28.2. The second-order valence-corrected chi connectivity index (χ2v) is 3.90. The highest BCUT2D eigenvalue weighted by molar-refractivity contribution is 5.93. The summed E-state index contributed by atoms with van der Waals surface area (Å²) in [6.07, 6.45) is 11.2. The van der Waals surface area contributed by atoms with Crippen molar-refractivity contribution in [2.45, 2.75) is 38.5 Å². The Labute approximate surface area is 67.5 Å². The first-order chi connectivity index (χ1) is 5.31. The van der Waals surface area contributed by atoms with Crippen LogP contribution in [0, 0.1) is 5.41 Å². The summed E-state index contributed by atoms with van der Waals surface area (Å²) in [6, 6.07) is 0. The van der Waals surface area contributed by atoms with Crippen molar-refractivity contribution in [3.8, 4) is 0 Å². The summed E-state index contributed by atoms with van der Waals surface area (Å²) >= 11 is 0. The summed E-state index contributed by atoms with van der Waals surface area (Å²) in [5.74, 6) is 0.340. The maximum Gasteiger partial charge on any atom is 0.156 e. The van der Waals surface area contributed by atoms with Gasteiger partial charge in [-0.15, -0.1) is 0 Å². The summed E-state index contributed by atoms with van der Waals surface area (Å²) in [6.45, 7) is 0. The average molecular weight is 150 g/mol. The van der Waals surface area contributed by atoms with Gasteiger partial charge < -0.3 is 0 Å². The van der Waals surface area contributed by atoms with E-state index in [0.717, 1.165) is 6.42 Å². The highest BCUT2D eigenvalue weighted by Crippen LogP contribution is 2.43. The minimum Gasteiger partial charge on any atom is -0.295 e. The van der Waals surface area contributed by atoms with E-state index in [2.05, 4.69) is 6.08 Å². The van der Waals surface area contributed by atoms with Crippen molar-refractivity contribution in [2.24, 2.45) is 5.41 Å². The lowest BCUT2D eigenvalue weighted by atomic mass is 9.74. The van der Waals surface area contributed by atoms with E-state index in [1.54, 1.807) is 6.08 Å². The molecule has 0 aliphatic heterocycles. The molecule has 0 bridgehead atoms. The molecule has 2 rings (SSSR count). The first-order valence-electron chi connectivity index (χ1n) is 4.53. The molecule has 0 unspecified atom stereocenters. The highest BCUT2D eigenvalue weighted by Gasteiger charge is 2.34. The van der Waals surface area contributed by atoms with Gasteiger partial charge in [-0.1, -0.05) is 25.3 Å². The molecule has 0 aromatic heterocycles. The molecule has 0 heterocycles. The summed E-state index contributed by atoms with van der Waals surface area (Å²) in [5, 5.41) is 0. The van der Waals surface area contributed by atoms with Crippen LogP contribution in [0.3, 0.4) is 0 Å². The van der Waals surface area contributed by atoms with Crippen LogP contribution >= 0.6 is 0 Å². The van der Waals surface area contributed by atoms with Gasteiger partial charge in [-0.05, 0) is 24.3 Å². The minimum atomic E-state index is 0.315. The van der Waals surface area contributed by atoms with E-state index >= 15 is 0 Å². The summed E-state index contributed by atoms with van der Waals surface area (Å²) in [5.41, 5.74) is 0.315. The molecule has 11 heavy (non-hydrogen) atoms. The van der Waals surface area contributed by atoms with Crippen molar-refractivity contribution in [2.75, 3.05) is 0 Å². The molecule has 0 aromatic carbocycles. The van der Waals surface area contributed by atoms with E-state index in [4.69, 9.17) is 0 Å². The third kappa shape index (κ3) is 1.24. The largest absolute Gasteiger partial charge is 0.295 e. The lowest BCUT2D eigenvalue weighted by molar-refractivity contribution is -0.115. The molecule has 1 saturated carbocycles. The fraction of sp³-hybridized carbons (Fsp3) is 0.700. The average Bonchev–Trinajstić information content (AvgIpc) is 2.34. The van der Waals surface area contributed by atoms with Crippen molar-refractivity contribution in [1.29, 1.82) is 0 Å². The quantitative estimate of drug-likeness (QED) is 0.518. The molecule has 2 aliphatic rings. The van der Waals surface area contributed by atoms with Gasteiger partial charge in [0.15, 0.2) is 5.78 Å². The molecule has 0 aromatic rings. The van der Waals surface area contributed by atoms with Gasteiger partial charge in [-0.2, -0.15) is 0 Å². The fourth-order valence-electron chi connectivity index (χ4n) is 2.33. The Balaban J connectivity index is 2.10. The monoisotopic (exact) mass is 150 g/mol. The first kappa shape index (κ1) is 7.08. The number of hydrogen-bond donors (Lipinski definition) is 0. The van der Waals surface area contributed by atoms with Crippen LogP contribution in [-0.2, 0) is 4.79 Å². The predicted molar refractivity (Wildman–Crippen MR) is 44.3 cm³/mol. The zero-order valence-electron chi connectivity index (χ0n) is 6.81. The Morgan fingerprint density at radius 2 is 1.91 bits per heavy atom. The second-order valence-electron chi connectivity index (χ2n) is 3.90. The third-order valence-electron chi connectivity index (χ3n) is 3.00. The van der Waals surface area contributed by atoms with E-state index in [1.165, 1.54) is 32.1 Å². The lowest BCUT2D eigenvalue weighted by Gasteiger charge is -2.30. The van der Waals surface area contributed by atoms with Crippen molar-refractivity contribution < 1.29 is 4.79 Å². The van der Waals surface area contributed by atoms with Crippen molar-refractivity contribution in [3.05, 3.63) is 12.2 Å². The van der Waals surface area contributed by atoms with E-state index in [9.17, 15) is 4.79 Å². The molecule has 1 spiro atoms. The number of ketones is 1. The Hall–Kier alpha value is -0.590. The van der Waals surface area contributed by atoms with Gasteiger partial charge in [0.25, 0.3) is 0 Å². The molecule has 0 N–H and O–H groups in total. The SMILES string of the molecule is O=C1C=CC2(CCCCC2)C1. The van der Waals surface area contributed by atoms with Gasteiger partial charge in [0.05, 0.1) is 0 Å². The van der Waals surface area contributed by atoms with Crippen molar-refractivity contribution in [3.63, 3.8) is 0 Å². The van der Waals surface area contributed by atoms with E-state index in [0.29, 0.717) is 11.2 Å². The fourth-order valence-corrected chi connectivity index (χ4v) is 2.33. The summed E-state index contributed by atoms with van der Waals surface area (Å²) in [7, 11) is 0. The van der Waals surface area contributed by atoms with Crippen LogP contribution in [0.4, 0.5) is 0 Å². The Morgan fingerprint density at radius 1 is 1.18 bits per heavy atom. The number of carbonyl (C=O) groups excluding carboxylic acids is 1. The van der Waals surface area contributed by atoms with Gasteiger partial charge in [0.2, 0.25) is 0 Å². The Morgan fingerprint density at radius 3 is 2.45 bits per heavy atom. The maximum absolute atomic E-state index is 11.0. The van der Waals surface area contributed by atoms with E-state index in [1.807, 2.05) is 0 Å². The molecule has 1 heteroatoms. The summed E-state index contributed by atoms with van der Waals surface area (Å²) < 4.78 is 0. The Kier molecular flexibility index (Phi) is 1.59. The molecule has 60 valence electrons. The van der Waals surface area contributed by atoms with Crippen LogP contribution in [0.15, 0.2) is 12.2 Å². The lowest BCUT2D eigenvalue weighted by Crippen LogP contribution is -2.20. The molecule has 0 amide bonds. The Bertz CT molecular complexity index is 197. The van der Waals surface area contributed by atoms with Gasteiger partial charge in [0.1, 0.15) is 0 Å². The van der Waals surface area contributed by atoms with Gasteiger partial charge in [-0.3, -0.25) is 4.79 Å². The van der Waals surface area contributed by atoms with Crippen LogP contribution in [-0.4, -0.2) is 5.78 Å². The molecule has 1 fully saturated rings. The maximum atomic E-state index is 11.0. The smallest absolute Gasteiger partial charge is 0.156 e. The second kappa shape index (κ2) is 2.47. The standard InChI is InChI=1S/C10H14O/c11-9-4-7-10(8-9)5-2-1-3-6-10/h4,7H,1-3,5-6,8H2. The van der Waals surface area contributed by atoms with Crippen LogP contribution in [0.2, 0.25) is 0 Å². The first-order valence-corrected chi connectivity index (χ1v) is 4.53. The van der Waals surface area contributed by atoms with E-state index < -0.39 is 0 Å². The van der Waals surface area contributed by atoms with E-state index in [-0.39, 0.29) is 0 Å². The van der Waals surface area contributed by atoms with Gasteiger partial charge in [0, 0.05) is 6.42 Å². The van der Waals surface area contributed by atoms with Crippen LogP contribution < -0.4 is 0 Å². The molecule has 2 aliphatic carbocycles. The topological polar surface area (TPSA) is 17.1 Å². The molecule has 0 saturated heterocycles. The molecular weight excluding hydrogens is 136 g/mol. The number of allylic oxidation sites excluding steroid dienone is 2. The molecule has 0 atom stereocenters. The highest BCUT2D eigenvalue weighted by atomic mass is 16.1. The molecule has 1 nitrogen and oxygen atoms in total. The molecular formula is C10H14O. The zero-order chi connectivity index (χ0) is 7.73. The third-order valence-corrected chi connectivity index (χ3v) is 3.00. The zero-order valence-corrected chi connectivity index (χ0v) is 6.81. The van der Waals surface area contributed by atoms with Crippen molar-refractivity contribution >= 4 is 5.78 Å². The number of rotatable bonds is 0. The predicted octanol–water partition coefficient (Wildman–Crippen LogP) is 2.47. The van der Waals surface area contributed by atoms with Gasteiger partial charge >= 0.3 is 0 Å². The summed E-state index contributed by atoms with van der Waals surface area (Å²) in [4.78, 5) is 11.0. The van der Waals surface area contributed by atoms with Crippen molar-refractivity contribution in [1.82, 2.24) is 0 Å². The number of hydrogen-bond acceptors (Lipinski definition) is 1. The van der Waals surface area contributed by atoms with Crippen LogP contribution in [0.25, 0.3) is 0 Å². The molecule has 0 radical (unpaired) electrons. The minimum absolute atomic E-state index is 0.315. The van der Waals surface area contributed by atoms with Crippen LogP contribution in [0.5, 0.6) is 0 Å². The van der Waals surface area contributed by atoms with Gasteiger partial charge in [-0.25, -0.2) is 0 Å². The number of carbonyl (C=O) groups is 1.